The molecule has 0 fully saturated rings. The van der Waals surface area contributed by atoms with Gasteiger partial charge in [0.2, 0.25) is 5.91 Å². The van der Waals surface area contributed by atoms with E-state index in [-0.39, 0.29) is 11.7 Å². The molecule has 3 aromatic rings. The first-order valence-electron chi connectivity index (χ1n) is 9.81. The highest BCUT2D eigenvalue weighted by Crippen LogP contribution is 2.18. The van der Waals surface area contributed by atoms with Gasteiger partial charge in [-0.15, -0.1) is 0 Å². The van der Waals surface area contributed by atoms with Crippen molar-refractivity contribution in [2.75, 3.05) is 18.0 Å². The van der Waals surface area contributed by atoms with Crippen LogP contribution in [0, 0.1) is 6.92 Å². The van der Waals surface area contributed by atoms with Crippen molar-refractivity contribution in [3.8, 4) is 5.75 Å². The summed E-state index contributed by atoms with van der Waals surface area (Å²) in [6.07, 6.45) is 0. The molecule has 2 N–H and O–H groups in total. The number of rotatable bonds is 9. The number of nitrogen functional groups attached to an aromatic ring is 1. The van der Waals surface area contributed by atoms with Crippen molar-refractivity contribution in [2.24, 2.45) is 0 Å². The number of ether oxygens (including phenoxy) is 1. The number of anilines is 1. The topological polar surface area (TPSA) is 81.3 Å². The molecule has 0 radical (unpaired) electrons. The molecule has 0 aliphatic heterocycles. The van der Waals surface area contributed by atoms with E-state index in [0.717, 1.165) is 22.6 Å². The minimum absolute atomic E-state index is 0.0376. The molecule has 0 bridgehead atoms. The van der Waals surface area contributed by atoms with E-state index in [4.69, 9.17) is 10.5 Å². The lowest BCUT2D eigenvalue weighted by Crippen LogP contribution is -2.31. The molecule has 7 heteroatoms. The van der Waals surface area contributed by atoms with Crippen molar-refractivity contribution in [3.05, 3.63) is 77.5 Å². The van der Waals surface area contributed by atoms with Crippen molar-refractivity contribution in [2.45, 2.75) is 32.2 Å². The van der Waals surface area contributed by atoms with Crippen molar-refractivity contribution in [1.82, 2.24) is 14.9 Å². The fourth-order valence-corrected chi connectivity index (χ4v) is 3.69. The molecular formula is C23H26N4O2S. The second-order valence-electron chi connectivity index (χ2n) is 6.83. The summed E-state index contributed by atoms with van der Waals surface area (Å²) < 4.78 is 5.82. The molecule has 1 aromatic heterocycles. The maximum atomic E-state index is 12.6. The first-order valence-corrected chi connectivity index (χ1v) is 10.8. The number of nitrogens with zero attached hydrogens (tertiary/aromatic N) is 3. The van der Waals surface area contributed by atoms with Crippen LogP contribution in [0.2, 0.25) is 0 Å². The molecule has 0 saturated heterocycles. The normalized spacial score (nSPS) is 10.6. The summed E-state index contributed by atoms with van der Waals surface area (Å²) in [4.78, 5) is 22.9. The molecule has 0 atom stereocenters. The second kappa shape index (κ2) is 10.6. The zero-order chi connectivity index (χ0) is 21.3. The highest BCUT2D eigenvalue weighted by atomic mass is 32.2. The van der Waals surface area contributed by atoms with Gasteiger partial charge >= 0.3 is 0 Å². The molecule has 0 spiro atoms. The van der Waals surface area contributed by atoms with Crippen molar-refractivity contribution >= 4 is 23.5 Å². The zero-order valence-corrected chi connectivity index (χ0v) is 18.1. The lowest BCUT2D eigenvalue weighted by atomic mass is 10.2. The summed E-state index contributed by atoms with van der Waals surface area (Å²) in [6, 6.07) is 19.6. The van der Waals surface area contributed by atoms with Crippen LogP contribution in [-0.4, -0.2) is 33.1 Å². The quantitative estimate of drug-likeness (QED) is 0.413. The van der Waals surface area contributed by atoms with Crippen molar-refractivity contribution < 1.29 is 9.53 Å². The largest absolute Gasteiger partial charge is 0.489 e. The summed E-state index contributed by atoms with van der Waals surface area (Å²) in [5, 5.41) is 0.525. The van der Waals surface area contributed by atoms with E-state index < -0.39 is 0 Å². The van der Waals surface area contributed by atoms with Gasteiger partial charge in [-0.25, -0.2) is 9.97 Å². The number of carbonyl (C=O) groups is 1. The number of hydrogen-bond donors (Lipinski definition) is 1. The van der Waals surface area contributed by atoms with Crippen LogP contribution < -0.4 is 10.5 Å². The second-order valence-corrected chi connectivity index (χ2v) is 7.77. The number of aromatic nitrogens is 2. The monoisotopic (exact) mass is 422 g/mol. The highest BCUT2D eigenvalue weighted by Gasteiger charge is 2.14. The molecule has 1 amide bonds. The van der Waals surface area contributed by atoms with Crippen LogP contribution in [0.3, 0.4) is 0 Å². The number of carbonyl (C=O) groups excluding carboxylic acids is 1. The van der Waals surface area contributed by atoms with Crippen LogP contribution in [0.5, 0.6) is 5.75 Å². The van der Waals surface area contributed by atoms with Crippen LogP contribution in [0.4, 0.5) is 5.82 Å². The maximum absolute atomic E-state index is 12.6. The standard InChI is InChI=1S/C23H26N4O2S/c1-3-27(22(28)16-30-23-25-17(2)13-21(24)26-23)14-18-9-11-20(12-10-18)29-15-19-7-5-4-6-8-19/h4-13H,3,14-16H2,1-2H3,(H2,24,25,26). The Morgan fingerprint density at radius 2 is 1.80 bits per heavy atom. The highest BCUT2D eigenvalue weighted by molar-refractivity contribution is 7.99. The third-order valence-corrected chi connectivity index (χ3v) is 5.29. The van der Waals surface area contributed by atoms with Crippen LogP contribution in [0.1, 0.15) is 23.7 Å². The van der Waals surface area contributed by atoms with E-state index in [1.807, 2.05) is 73.3 Å². The average molecular weight is 423 g/mol. The van der Waals surface area contributed by atoms with Gasteiger partial charge in [0.05, 0.1) is 5.75 Å². The summed E-state index contributed by atoms with van der Waals surface area (Å²) in [7, 11) is 0. The van der Waals surface area contributed by atoms with E-state index in [1.54, 1.807) is 6.07 Å². The molecule has 156 valence electrons. The fraction of sp³-hybridized carbons (Fsp3) is 0.261. The number of benzene rings is 2. The predicted molar refractivity (Wildman–Crippen MR) is 120 cm³/mol. The number of thioether (sulfide) groups is 1. The first-order chi connectivity index (χ1) is 14.5. The number of amides is 1. The van der Waals surface area contributed by atoms with E-state index in [2.05, 4.69) is 9.97 Å². The number of aryl methyl sites for hydroxylation is 1. The van der Waals surface area contributed by atoms with Crippen LogP contribution in [0.15, 0.2) is 65.8 Å². The van der Waals surface area contributed by atoms with E-state index >= 15 is 0 Å². The van der Waals surface area contributed by atoms with E-state index in [9.17, 15) is 4.79 Å². The summed E-state index contributed by atoms with van der Waals surface area (Å²) in [5.41, 5.74) is 8.72. The zero-order valence-electron chi connectivity index (χ0n) is 17.2. The minimum atomic E-state index is 0.0376. The number of hydrogen-bond acceptors (Lipinski definition) is 6. The molecule has 2 aromatic carbocycles. The maximum Gasteiger partial charge on any atom is 0.233 e. The molecule has 30 heavy (non-hydrogen) atoms. The van der Waals surface area contributed by atoms with Crippen LogP contribution >= 0.6 is 11.8 Å². The molecule has 6 nitrogen and oxygen atoms in total. The lowest BCUT2D eigenvalue weighted by molar-refractivity contribution is -0.128. The molecule has 3 rings (SSSR count). The van der Waals surface area contributed by atoms with Crippen molar-refractivity contribution in [3.63, 3.8) is 0 Å². The average Bonchev–Trinajstić information content (AvgIpc) is 2.75. The van der Waals surface area contributed by atoms with Gasteiger partial charge in [0, 0.05) is 24.8 Å². The minimum Gasteiger partial charge on any atom is -0.489 e. The first kappa shape index (κ1) is 21.6. The SMILES string of the molecule is CCN(Cc1ccc(OCc2ccccc2)cc1)C(=O)CSc1nc(C)cc(N)n1. The van der Waals surface area contributed by atoms with Gasteiger partial charge < -0.3 is 15.4 Å². The summed E-state index contributed by atoms with van der Waals surface area (Å²) in [5.74, 6) is 1.53. The van der Waals surface area contributed by atoms with Gasteiger partial charge in [-0.1, -0.05) is 54.2 Å². The Morgan fingerprint density at radius 3 is 2.47 bits per heavy atom. The molecule has 0 aliphatic carbocycles. The van der Waals surface area contributed by atoms with E-state index in [0.29, 0.717) is 30.7 Å². The van der Waals surface area contributed by atoms with Gasteiger partial charge in [0.15, 0.2) is 5.16 Å². The van der Waals surface area contributed by atoms with Crippen LogP contribution in [0.25, 0.3) is 0 Å². The van der Waals surface area contributed by atoms with Gasteiger partial charge in [0.25, 0.3) is 0 Å². The Balaban J connectivity index is 1.52. The van der Waals surface area contributed by atoms with E-state index in [1.165, 1.54) is 11.8 Å². The van der Waals surface area contributed by atoms with Gasteiger partial charge in [-0.05, 0) is 37.1 Å². The number of nitrogens with two attached hydrogens (primary N) is 1. The van der Waals surface area contributed by atoms with Gasteiger partial charge in [-0.3, -0.25) is 4.79 Å². The Kier molecular flexibility index (Phi) is 7.68. The Labute approximate surface area is 181 Å². The Bertz CT molecular complexity index is 944. The molecule has 1 heterocycles. The Morgan fingerprint density at radius 1 is 1.07 bits per heavy atom. The van der Waals surface area contributed by atoms with Gasteiger partial charge in [0.1, 0.15) is 18.2 Å². The fourth-order valence-electron chi connectivity index (χ4n) is 2.88. The third kappa shape index (κ3) is 6.49. The predicted octanol–water partition coefficient (Wildman–Crippen LogP) is 4.09. The smallest absolute Gasteiger partial charge is 0.233 e. The molecular weight excluding hydrogens is 396 g/mol. The molecule has 0 unspecified atom stereocenters. The third-order valence-electron chi connectivity index (χ3n) is 4.46. The lowest BCUT2D eigenvalue weighted by Gasteiger charge is -2.21. The van der Waals surface area contributed by atoms with Crippen molar-refractivity contribution in [1.29, 1.82) is 0 Å². The van der Waals surface area contributed by atoms with Gasteiger partial charge in [-0.2, -0.15) is 0 Å². The van der Waals surface area contributed by atoms with Crippen LogP contribution in [-0.2, 0) is 17.9 Å². The summed E-state index contributed by atoms with van der Waals surface area (Å²) >= 11 is 1.30. The molecule has 0 aliphatic rings. The summed E-state index contributed by atoms with van der Waals surface area (Å²) in [6.45, 7) is 5.53. The molecule has 0 saturated carbocycles. The Hall–Kier alpha value is -3.06.